The zero-order valence-electron chi connectivity index (χ0n) is 51.8. The standard InChI is InChI=1S/C72H115NO8/c1-6-8-10-12-14-16-18-20-22-24-26-27-28-29-30-31-32-33-34-35-36-37-38-39-40-41-42-43-45-47-49-51-53-55-57-59-61-63-70(75)81-68(67-80-72(71(76)77)78-65-64-73(3,4)5)66-79-69(74)62-60-58-56-54-52-50-48-46-44-25-23-21-19-17-15-13-11-9-7-2/h8-11,14-17,20-23,26-27,29-30,32-33,35-36,38-39,44,46,50,52,68,72H,6-7,12-13,18-19,24-25,28,31,34,37,40-43,45,47-49,51,53-67H2,1-5H3/b10-8-,11-9-,16-14-,17-15-,22-20-,23-21-,27-26-,30-29-,33-32-,36-35-,39-38-,46-44-,52-50-. The van der Waals surface area contributed by atoms with Crippen LogP contribution in [-0.2, 0) is 33.3 Å². The van der Waals surface area contributed by atoms with Gasteiger partial charge in [-0.05, 0) is 122 Å². The summed E-state index contributed by atoms with van der Waals surface area (Å²) >= 11 is 0. The number of allylic oxidation sites excluding steroid dienone is 26. The summed E-state index contributed by atoms with van der Waals surface area (Å²) in [6, 6.07) is 0. The minimum absolute atomic E-state index is 0.133. The molecule has 0 aliphatic carbocycles. The van der Waals surface area contributed by atoms with Crippen molar-refractivity contribution in [3.63, 3.8) is 0 Å². The predicted octanol–water partition coefficient (Wildman–Crippen LogP) is 18.0. The maximum absolute atomic E-state index is 12.9. The molecule has 9 nitrogen and oxygen atoms in total. The van der Waals surface area contributed by atoms with Crippen molar-refractivity contribution in [1.29, 1.82) is 0 Å². The minimum atomic E-state index is -1.64. The number of carboxylic acids is 1. The normalized spacial score (nSPS) is 13.8. The third kappa shape index (κ3) is 62.4. The number of esters is 2. The maximum Gasteiger partial charge on any atom is 0.306 e. The van der Waals surface area contributed by atoms with Crippen LogP contribution in [0, 0.1) is 0 Å². The first-order valence-electron chi connectivity index (χ1n) is 31.6. The van der Waals surface area contributed by atoms with Gasteiger partial charge in [-0.1, -0.05) is 242 Å². The van der Waals surface area contributed by atoms with Crippen molar-refractivity contribution in [2.75, 3.05) is 47.5 Å². The first kappa shape index (κ1) is 75.9. The van der Waals surface area contributed by atoms with Crippen LogP contribution in [0.3, 0.4) is 0 Å². The molecule has 2 atom stereocenters. The Morgan fingerprint density at radius 2 is 0.667 bits per heavy atom. The van der Waals surface area contributed by atoms with E-state index in [0.29, 0.717) is 23.9 Å². The van der Waals surface area contributed by atoms with Crippen LogP contribution in [0.15, 0.2) is 158 Å². The molecule has 0 heterocycles. The number of quaternary nitrogens is 1. The van der Waals surface area contributed by atoms with Crippen LogP contribution in [0.2, 0.25) is 0 Å². The van der Waals surface area contributed by atoms with Crippen LogP contribution in [0.25, 0.3) is 0 Å². The van der Waals surface area contributed by atoms with Gasteiger partial charge in [-0.25, -0.2) is 0 Å². The zero-order chi connectivity index (χ0) is 59.1. The van der Waals surface area contributed by atoms with Crippen LogP contribution in [-0.4, -0.2) is 82.3 Å². The highest BCUT2D eigenvalue weighted by molar-refractivity contribution is 5.70. The molecule has 2 unspecified atom stereocenters. The number of carboxylic acid groups (broad SMARTS) is 1. The van der Waals surface area contributed by atoms with E-state index in [2.05, 4.69) is 172 Å². The number of carbonyl (C=O) groups is 3. The topological polar surface area (TPSA) is 111 Å². The third-order valence-corrected chi connectivity index (χ3v) is 12.8. The molecule has 0 aliphatic rings. The second-order valence-electron chi connectivity index (χ2n) is 21.6. The van der Waals surface area contributed by atoms with Gasteiger partial charge in [-0.3, -0.25) is 9.59 Å². The molecule has 0 aromatic heterocycles. The molecule has 0 rings (SSSR count). The molecule has 0 aromatic carbocycles. The Kier molecular flexibility index (Phi) is 57.2. The molecule has 0 fully saturated rings. The van der Waals surface area contributed by atoms with Crippen LogP contribution in [0.1, 0.15) is 219 Å². The number of carbonyl (C=O) groups excluding carboxylic acids is 3. The molecule has 0 amide bonds. The SMILES string of the molecule is CC/C=C\C/C=C\C/C=C\C/C=C\C/C=C\C/C=C\C/C=C\C/C=C\CCCCCCCCCCCCCCC(=O)OC(COC(=O)CCCCC/C=C\C/C=C\C/C=C\C/C=C\C/C=C\CC)COC(OCC[N+](C)(C)C)C(=O)[O-]. The first-order valence-corrected chi connectivity index (χ1v) is 31.6. The average molecular weight is 1120 g/mol. The summed E-state index contributed by atoms with van der Waals surface area (Å²) in [4.78, 5) is 37.3. The number of unbranched alkanes of at least 4 members (excludes halogenated alkanes) is 15. The van der Waals surface area contributed by atoms with E-state index in [1.807, 2.05) is 21.1 Å². The monoisotopic (exact) mass is 1120 g/mol. The number of likely N-dealkylation sites (N-methyl/N-ethyl adjacent to an activating group) is 1. The molecule has 0 N–H and O–H groups in total. The Morgan fingerprint density at radius 1 is 0.370 bits per heavy atom. The summed E-state index contributed by atoms with van der Waals surface area (Å²) in [6.07, 6.45) is 87.3. The van der Waals surface area contributed by atoms with Crippen LogP contribution < -0.4 is 5.11 Å². The predicted molar refractivity (Wildman–Crippen MR) is 342 cm³/mol. The van der Waals surface area contributed by atoms with Crippen LogP contribution >= 0.6 is 0 Å². The molecule has 456 valence electrons. The van der Waals surface area contributed by atoms with E-state index >= 15 is 0 Å². The molecule has 0 radical (unpaired) electrons. The van der Waals surface area contributed by atoms with Crippen molar-refractivity contribution in [3.8, 4) is 0 Å². The molecule has 9 heteroatoms. The Morgan fingerprint density at radius 3 is 1.00 bits per heavy atom. The van der Waals surface area contributed by atoms with Gasteiger partial charge in [0, 0.05) is 12.8 Å². The molecule has 0 spiro atoms. The van der Waals surface area contributed by atoms with Gasteiger partial charge in [0.05, 0.1) is 40.3 Å². The van der Waals surface area contributed by atoms with E-state index < -0.39 is 30.3 Å². The molecule has 0 saturated heterocycles. The minimum Gasteiger partial charge on any atom is -0.545 e. The van der Waals surface area contributed by atoms with Crippen molar-refractivity contribution in [3.05, 3.63) is 158 Å². The van der Waals surface area contributed by atoms with E-state index in [0.717, 1.165) is 128 Å². The first-order chi connectivity index (χ1) is 39.6. The Bertz CT molecular complexity index is 1880. The van der Waals surface area contributed by atoms with Gasteiger partial charge in [0.15, 0.2) is 12.4 Å². The summed E-state index contributed by atoms with van der Waals surface area (Å²) in [6.45, 7) is 4.46. The van der Waals surface area contributed by atoms with Gasteiger partial charge in [0.25, 0.3) is 0 Å². The van der Waals surface area contributed by atoms with Gasteiger partial charge < -0.3 is 33.3 Å². The van der Waals surface area contributed by atoms with E-state index in [1.165, 1.54) is 51.4 Å². The van der Waals surface area contributed by atoms with Gasteiger partial charge in [-0.15, -0.1) is 0 Å². The van der Waals surface area contributed by atoms with E-state index in [4.69, 9.17) is 18.9 Å². The van der Waals surface area contributed by atoms with Crippen molar-refractivity contribution >= 4 is 17.9 Å². The van der Waals surface area contributed by atoms with Crippen molar-refractivity contribution in [2.24, 2.45) is 0 Å². The van der Waals surface area contributed by atoms with Crippen molar-refractivity contribution in [1.82, 2.24) is 0 Å². The lowest BCUT2D eigenvalue weighted by atomic mass is 10.0. The van der Waals surface area contributed by atoms with Gasteiger partial charge in [0.1, 0.15) is 13.2 Å². The quantitative estimate of drug-likeness (QED) is 0.0195. The van der Waals surface area contributed by atoms with Crippen LogP contribution in [0.4, 0.5) is 0 Å². The van der Waals surface area contributed by atoms with Crippen molar-refractivity contribution in [2.45, 2.75) is 232 Å². The number of aliphatic carboxylic acids is 1. The molecule has 0 saturated carbocycles. The summed E-state index contributed by atoms with van der Waals surface area (Å²) in [5.74, 6) is -2.35. The fraction of sp³-hybridized carbons (Fsp3) is 0.597. The van der Waals surface area contributed by atoms with E-state index in [1.54, 1.807) is 0 Å². The summed E-state index contributed by atoms with van der Waals surface area (Å²) < 4.78 is 22.7. The molecule has 81 heavy (non-hydrogen) atoms. The smallest absolute Gasteiger partial charge is 0.306 e. The van der Waals surface area contributed by atoms with E-state index in [9.17, 15) is 19.5 Å². The summed E-state index contributed by atoms with van der Waals surface area (Å²) in [5.41, 5.74) is 0. The highest BCUT2D eigenvalue weighted by Gasteiger charge is 2.22. The Balaban J connectivity index is 4.21. The Hall–Kier alpha value is -5.09. The lowest BCUT2D eigenvalue weighted by Crippen LogP contribution is -2.44. The number of ether oxygens (including phenoxy) is 4. The lowest BCUT2D eigenvalue weighted by Gasteiger charge is -2.26. The highest BCUT2D eigenvalue weighted by Crippen LogP contribution is 2.15. The number of nitrogens with zero attached hydrogens (tertiary/aromatic N) is 1. The molecular weight excluding hydrogens is 1010 g/mol. The van der Waals surface area contributed by atoms with Crippen LogP contribution in [0.5, 0.6) is 0 Å². The lowest BCUT2D eigenvalue weighted by molar-refractivity contribution is -0.870. The highest BCUT2D eigenvalue weighted by atomic mass is 16.7. The van der Waals surface area contributed by atoms with Gasteiger partial charge in [0.2, 0.25) is 0 Å². The number of hydrogen-bond donors (Lipinski definition) is 0. The van der Waals surface area contributed by atoms with Gasteiger partial charge in [-0.2, -0.15) is 0 Å². The third-order valence-electron chi connectivity index (χ3n) is 12.8. The average Bonchev–Trinajstić information content (AvgIpc) is 3.44. The molecular formula is C72H115NO8. The largest absolute Gasteiger partial charge is 0.545 e. The summed E-state index contributed by atoms with van der Waals surface area (Å²) in [5, 5.41) is 11.8. The summed E-state index contributed by atoms with van der Waals surface area (Å²) in [7, 11) is 5.90. The number of hydrogen-bond acceptors (Lipinski definition) is 8. The van der Waals surface area contributed by atoms with Gasteiger partial charge >= 0.3 is 11.9 Å². The molecule has 0 aliphatic heterocycles. The molecule has 0 bridgehead atoms. The zero-order valence-corrected chi connectivity index (χ0v) is 51.8. The fourth-order valence-electron chi connectivity index (χ4n) is 7.99. The number of rotatable bonds is 56. The van der Waals surface area contributed by atoms with Crippen molar-refractivity contribution < 1.29 is 42.9 Å². The second-order valence-corrected chi connectivity index (χ2v) is 21.6. The maximum atomic E-state index is 12.9. The Labute approximate surface area is 495 Å². The molecule has 0 aromatic rings. The fourth-order valence-corrected chi connectivity index (χ4v) is 7.99. The van der Waals surface area contributed by atoms with E-state index in [-0.39, 0.29) is 32.7 Å². The second kappa shape index (κ2) is 61.0.